The molecular weight excluding hydrogens is 1170 g/mol. The van der Waals surface area contributed by atoms with Gasteiger partial charge in [-0.1, -0.05) is 387 Å². The Morgan fingerprint density at radius 2 is 0.337 bits per heavy atom. The smallest absolute Gasteiger partial charge is 0.142 e. The Kier molecular flexibility index (Phi) is 80.5. The standard InChI is InChI=1S/2C42H84NO2.2ClH/c2*1-6-8-10-12-14-16-18-20-22-24-26-28-30-32-34-36-41(44)38-40(39-43(3,4)5)42(45)37-35-33-31-29-27-25-23-21-19-17-15-13-11-9-7-2;;/h2*40H,6-39H2,1-5H3;2*1H/q2*+1;;/p-2. The van der Waals surface area contributed by atoms with Crippen LogP contribution in [0.15, 0.2) is 0 Å². The maximum Gasteiger partial charge on any atom is 0.142 e. The second kappa shape index (κ2) is 75.9. The summed E-state index contributed by atoms with van der Waals surface area (Å²) in [5, 5.41) is 0. The van der Waals surface area contributed by atoms with Gasteiger partial charge in [-0.25, -0.2) is 0 Å². The van der Waals surface area contributed by atoms with Crippen molar-refractivity contribution in [1.29, 1.82) is 0 Å². The third-order valence-electron chi connectivity index (χ3n) is 19.6. The maximum absolute atomic E-state index is 13.1. The summed E-state index contributed by atoms with van der Waals surface area (Å²) in [5.74, 6) is 1.10. The molecule has 92 heavy (non-hydrogen) atoms. The lowest BCUT2D eigenvalue weighted by Crippen LogP contribution is -3.00. The van der Waals surface area contributed by atoms with Crippen LogP contribution in [0.3, 0.4) is 0 Å². The number of carbonyl (C=O) groups excluding carboxylic acids is 4. The van der Waals surface area contributed by atoms with Crippen molar-refractivity contribution in [2.75, 3.05) is 55.4 Å². The van der Waals surface area contributed by atoms with Gasteiger partial charge in [0.15, 0.2) is 0 Å². The van der Waals surface area contributed by atoms with Crippen molar-refractivity contribution in [2.24, 2.45) is 11.8 Å². The highest BCUT2D eigenvalue weighted by Gasteiger charge is 2.28. The Morgan fingerprint density at radius 1 is 0.207 bits per heavy atom. The molecule has 6 nitrogen and oxygen atoms in total. The van der Waals surface area contributed by atoms with Crippen LogP contribution in [-0.2, 0) is 19.2 Å². The van der Waals surface area contributed by atoms with Crippen LogP contribution in [0.2, 0.25) is 0 Å². The summed E-state index contributed by atoms with van der Waals surface area (Å²) in [5.41, 5.74) is 0. The van der Waals surface area contributed by atoms with E-state index in [1.54, 1.807) is 0 Å². The molecule has 0 spiro atoms. The van der Waals surface area contributed by atoms with Gasteiger partial charge >= 0.3 is 0 Å². The molecule has 0 aromatic heterocycles. The van der Waals surface area contributed by atoms with Gasteiger partial charge in [-0.05, 0) is 25.7 Å². The first-order valence-corrected chi connectivity index (χ1v) is 41.3. The van der Waals surface area contributed by atoms with Crippen LogP contribution in [0.4, 0.5) is 0 Å². The molecule has 0 bridgehead atoms. The van der Waals surface area contributed by atoms with Crippen LogP contribution in [0.25, 0.3) is 0 Å². The van der Waals surface area contributed by atoms with E-state index in [0.29, 0.717) is 61.7 Å². The first-order chi connectivity index (χ1) is 43.6. The van der Waals surface area contributed by atoms with Crippen molar-refractivity contribution < 1.29 is 53.0 Å². The molecule has 0 radical (unpaired) electrons. The van der Waals surface area contributed by atoms with E-state index in [1.807, 2.05) is 0 Å². The number of carbonyl (C=O) groups is 4. The molecule has 0 aromatic carbocycles. The number of quaternary nitrogens is 2. The summed E-state index contributed by atoms with van der Waals surface area (Å²) >= 11 is 0. The topological polar surface area (TPSA) is 68.3 Å². The molecule has 0 heterocycles. The number of nitrogens with zero attached hydrogens (tertiary/aromatic N) is 2. The van der Waals surface area contributed by atoms with Gasteiger partial charge in [0.2, 0.25) is 0 Å². The third-order valence-corrected chi connectivity index (χ3v) is 19.6. The Hall–Kier alpha value is -0.820. The van der Waals surface area contributed by atoms with Crippen LogP contribution in [-0.4, -0.2) is 87.5 Å². The molecule has 2 atom stereocenters. The minimum absolute atomic E-state index is 0. The lowest BCUT2D eigenvalue weighted by Gasteiger charge is -2.28. The molecular formula is C84H168Cl2N2O4. The van der Waals surface area contributed by atoms with Crippen LogP contribution in [0.5, 0.6) is 0 Å². The Balaban J connectivity index is -0.000000824. The summed E-state index contributed by atoms with van der Waals surface area (Å²) < 4.78 is 1.50. The summed E-state index contributed by atoms with van der Waals surface area (Å²) in [4.78, 5) is 51.9. The number of halogens is 2. The predicted octanol–water partition coefficient (Wildman–Crippen LogP) is 20.7. The Morgan fingerprint density at radius 3 is 0.478 bits per heavy atom. The van der Waals surface area contributed by atoms with Gasteiger partial charge in [0.05, 0.1) is 67.2 Å². The lowest BCUT2D eigenvalue weighted by molar-refractivity contribution is -0.872. The predicted molar refractivity (Wildman–Crippen MR) is 400 cm³/mol. The fourth-order valence-electron chi connectivity index (χ4n) is 13.8. The zero-order valence-electron chi connectivity index (χ0n) is 64.5. The summed E-state index contributed by atoms with van der Waals surface area (Å²) in [7, 11) is 12.9. The van der Waals surface area contributed by atoms with E-state index in [-0.39, 0.29) is 36.6 Å². The minimum atomic E-state index is -0.0968. The number of hydrogen-bond donors (Lipinski definition) is 0. The summed E-state index contributed by atoms with van der Waals surface area (Å²) in [6.45, 7) is 10.7. The van der Waals surface area contributed by atoms with Crippen molar-refractivity contribution in [2.45, 2.75) is 451 Å². The van der Waals surface area contributed by atoms with E-state index in [9.17, 15) is 19.2 Å². The van der Waals surface area contributed by atoms with E-state index in [1.165, 1.54) is 334 Å². The summed E-state index contributed by atoms with van der Waals surface area (Å²) in [6, 6.07) is 0. The lowest BCUT2D eigenvalue weighted by atomic mass is 9.91. The van der Waals surface area contributed by atoms with Crippen LogP contribution >= 0.6 is 0 Å². The molecule has 0 aliphatic carbocycles. The highest BCUT2D eigenvalue weighted by Crippen LogP contribution is 2.23. The van der Waals surface area contributed by atoms with Crippen molar-refractivity contribution in [1.82, 2.24) is 0 Å². The fourth-order valence-corrected chi connectivity index (χ4v) is 13.8. The van der Waals surface area contributed by atoms with E-state index < -0.39 is 0 Å². The van der Waals surface area contributed by atoms with Crippen molar-refractivity contribution in [3.8, 4) is 0 Å². The molecule has 0 saturated carbocycles. The van der Waals surface area contributed by atoms with E-state index in [2.05, 4.69) is 70.0 Å². The van der Waals surface area contributed by atoms with E-state index in [0.717, 1.165) is 73.4 Å². The summed E-state index contributed by atoms with van der Waals surface area (Å²) in [6.07, 6.45) is 84.2. The second-order valence-electron chi connectivity index (χ2n) is 31.6. The molecule has 0 fully saturated rings. The average molecular weight is 1340 g/mol. The van der Waals surface area contributed by atoms with Gasteiger partial charge < -0.3 is 33.8 Å². The molecule has 0 aliphatic rings. The van der Waals surface area contributed by atoms with E-state index >= 15 is 0 Å². The zero-order valence-corrected chi connectivity index (χ0v) is 66.0. The second-order valence-corrected chi connectivity index (χ2v) is 31.6. The normalized spacial score (nSPS) is 12.3. The molecule has 0 aliphatic heterocycles. The first-order valence-electron chi connectivity index (χ1n) is 41.3. The number of ketones is 4. The quantitative estimate of drug-likeness (QED) is 0.0449. The number of Topliss-reactive ketones (excluding diaryl/α,β-unsaturated/α-hetero) is 4. The first kappa shape index (κ1) is 97.6. The monoisotopic (exact) mass is 1340 g/mol. The van der Waals surface area contributed by atoms with Gasteiger partial charge in [-0.2, -0.15) is 0 Å². The zero-order chi connectivity index (χ0) is 66.5. The molecule has 0 amide bonds. The third kappa shape index (κ3) is 79.9. The largest absolute Gasteiger partial charge is 1.00 e. The van der Waals surface area contributed by atoms with Crippen LogP contribution in [0, 0.1) is 11.8 Å². The van der Waals surface area contributed by atoms with Gasteiger partial charge in [0, 0.05) is 38.5 Å². The number of unbranched alkanes of at least 4 members (excludes halogenated alkanes) is 56. The Bertz CT molecular complexity index is 1400. The van der Waals surface area contributed by atoms with E-state index in [4.69, 9.17) is 0 Å². The van der Waals surface area contributed by atoms with Crippen LogP contribution in [0.1, 0.15) is 451 Å². The van der Waals surface area contributed by atoms with Crippen molar-refractivity contribution >= 4 is 23.1 Å². The highest BCUT2D eigenvalue weighted by molar-refractivity contribution is 5.88. The maximum atomic E-state index is 13.1. The molecule has 2 unspecified atom stereocenters. The van der Waals surface area contributed by atoms with Crippen LogP contribution < -0.4 is 24.8 Å². The minimum Gasteiger partial charge on any atom is -1.00 e. The van der Waals surface area contributed by atoms with Gasteiger partial charge in [0.25, 0.3) is 0 Å². The molecule has 0 rings (SSSR count). The van der Waals surface area contributed by atoms with Crippen molar-refractivity contribution in [3.05, 3.63) is 0 Å². The SMILES string of the molecule is CCCCCCCCCCCCCCCCCC(=O)CC(C[N+](C)(C)C)C(=O)CCCCCCCCCCCCCCCCC.CCCCCCCCCCCCCCCCCC(=O)CC(C[N+](C)(C)C)C(=O)CCCCCCCCCCCCCCCCC.[Cl-].[Cl-]. The molecule has 8 heteroatoms. The van der Waals surface area contributed by atoms with Gasteiger partial charge in [-0.15, -0.1) is 0 Å². The number of hydrogen-bond acceptors (Lipinski definition) is 4. The molecule has 0 saturated heterocycles. The molecule has 0 N–H and O–H groups in total. The number of rotatable bonds is 74. The van der Waals surface area contributed by atoms with Gasteiger partial charge in [-0.3, -0.25) is 19.2 Å². The van der Waals surface area contributed by atoms with Crippen molar-refractivity contribution in [3.63, 3.8) is 0 Å². The average Bonchev–Trinajstić information content (AvgIpc) is 3.01. The highest BCUT2D eigenvalue weighted by atomic mass is 35.5. The molecule has 552 valence electrons. The Labute approximate surface area is 591 Å². The molecule has 0 aromatic rings. The van der Waals surface area contributed by atoms with Gasteiger partial charge in [0.1, 0.15) is 23.1 Å². The fraction of sp³-hybridized carbons (Fsp3) is 0.952.